The average Bonchev–Trinajstić information content (AvgIpc) is 4.12. The lowest BCUT2D eigenvalue weighted by molar-refractivity contribution is 0.0585. The smallest absolute Gasteiger partial charge is 0.360 e. The Kier molecular flexibility index (Phi) is 12.9. The molecular formula is C39H46N12O10. The zero-order chi connectivity index (χ0) is 43.2. The third-order valence-electron chi connectivity index (χ3n) is 9.70. The van der Waals surface area contributed by atoms with Crippen molar-refractivity contribution < 1.29 is 45.6 Å². The van der Waals surface area contributed by atoms with E-state index in [1.807, 2.05) is 6.20 Å². The number of methoxy groups -OCH3 is 2. The standard InChI is InChI=1S/C39H46N12O10/c1-19-28(34-43-25(17-56-34)38(52)54-5)47-36(60-19)30-21(3)58-32(45-30)24(11-7-9-13-40)42-15-23-16-51(50-49-23)27(12-8-10-14-41)33-46-31(22(4)59-33)37-48-29(20(2)61-37)35-44-26(18-57-35)39(53)55-6/h16-18,24,27,42H,7-15,40-41H2,1-6H3/t24-,27+/m1/s1. The molecule has 7 aromatic heterocycles. The number of ether oxygens (including phenoxy) is 2. The molecule has 7 heterocycles. The van der Waals surface area contributed by atoms with Crippen molar-refractivity contribution in [2.75, 3.05) is 27.3 Å². The van der Waals surface area contributed by atoms with E-state index in [1.165, 1.54) is 26.7 Å². The minimum atomic E-state index is -0.639. The number of aryl methyl sites for hydroxylation is 4. The van der Waals surface area contributed by atoms with Crippen LogP contribution in [0.25, 0.3) is 46.3 Å². The van der Waals surface area contributed by atoms with Gasteiger partial charge < -0.3 is 52.8 Å². The maximum Gasteiger partial charge on any atom is 0.360 e. The van der Waals surface area contributed by atoms with Crippen LogP contribution in [0.2, 0.25) is 0 Å². The molecule has 0 amide bonds. The quantitative estimate of drug-likeness (QED) is 0.0642. The number of nitrogens with zero attached hydrogens (tertiary/aromatic N) is 9. The van der Waals surface area contributed by atoms with E-state index in [0.29, 0.717) is 95.8 Å². The lowest BCUT2D eigenvalue weighted by atomic mass is 10.1. The van der Waals surface area contributed by atoms with Gasteiger partial charge in [0.15, 0.2) is 34.2 Å². The van der Waals surface area contributed by atoms with Crippen LogP contribution < -0.4 is 16.8 Å². The molecule has 0 spiro atoms. The molecule has 0 saturated heterocycles. The monoisotopic (exact) mass is 842 g/mol. The molecule has 7 aromatic rings. The highest BCUT2D eigenvalue weighted by molar-refractivity contribution is 5.87. The van der Waals surface area contributed by atoms with Gasteiger partial charge in [-0.05, 0) is 72.9 Å². The number of hydrogen-bond donors (Lipinski definition) is 3. The van der Waals surface area contributed by atoms with E-state index in [1.54, 1.807) is 32.4 Å². The number of oxazole rings is 6. The molecule has 0 saturated carbocycles. The number of carbonyl (C=O) groups is 2. The molecule has 22 nitrogen and oxygen atoms in total. The van der Waals surface area contributed by atoms with Crippen molar-refractivity contribution in [3.8, 4) is 46.3 Å². The molecular weight excluding hydrogens is 797 g/mol. The molecule has 5 N–H and O–H groups in total. The van der Waals surface area contributed by atoms with Gasteiger partial charge in [-0.1, -0.05) is 11.6 Å². The molecule has 22 heteroatoms. The topological polar surface area (TPSA) is 304 Å². The summed E-state index contributed by atoms with van der Waals surface area (Å²) in [7, 11) is 2.51. The van der Waals surface area contributed by atoms with Crippen LogP contribution in [0.4, 0.5) is 0 Å². The second-order valence-corrected chi connectivity index (χ2v) is 14.0. The first kappa shape index (κ1) is 42.3. The van der Waals surface area contributed by atoms with Gasteiger partial charge in [0.2, 0.25) is 35.3 Å². The summed E-state index contributed by atoms with van der Waals surface area (Å²) < 4.78 is 46.5. The van der Waals surface area contributed by atoms with Gasteiger partial charge in [0.25, 0.3) is 0 Å². The van der Waals surface area contributed by atoms with Crippen LogP contribution in [0.15, 0.2) is 45.2 Å². The van der Waals surface area contributed by atoms with Gasteiger partial charge in [0, 0.05) is 6.54 Å². The third-order valence-corrected chi connectivity index (χ3v) is 9.70. The number of nitrogens with one attached hydrogen (secondary N) is 1. The molecule has 322 valence electrons. The first-order valence-corrected chi connectivity index (χ1v) is 19.5. The summed E-state index contributed by atoms with van der Waals surface area (Å²) in [6.45, 7) is 8.33. The minimum absolute atomic E-state index is 0.00360. The Morgan fingerprint density at radius 2 is 1.15 bits per heavy atom. The van der Waals surface area contributed by atoms with E-state index >= 15 is 0 Å². The second-order valence-electron chi connectivity index (χ2n) is 14.0. The summed E-state index contributed by atoms with van der Waals surface area (Å²) in [4.78, 5) is 51.0. The fourth-order valence-corrected chi connectivity index (χ4v) is 6.51. The molecule has 0 aliphatic heterocycles. The van der Waals surface area contributed by atoms with Gasteiger partial charge in [0.1, 0.15) is 41.6 Å². The first-order chi connectivity index (χ1) is 29.5. The summed E-state index contributed by atoms with van der Waals surface area (Å²) in [6.07, 6.45) is 8.66. The van der Waals surface area contributed by atoms with Crippen LogP contribution in [0.5, 0.6) is 0 Å². The molecule has 2 atom stereocenters. The van der Waals surface area contributed by atoms with Crippen molar-refractivity contribution in [1.82, 2.24) is 50.2 Å². The maximum atomic E-state index is 11.9. The summed E-state index contributed by atoms with van der Waals surface area (Å²) in [6, 6.07) is -0.760. The number of rotatable bonds is 20. The van der Waals surface area contributed by atoms with E-state index in [0.717, 1.165) is 25.7 Å². The molecule has 7 rings (SSSR count). The number of nitrogens with two attached hydrogens (primary N) is 2. The molecule has 0 aromatic carbocycles. The largest absolute Gasteiger partial charge is 0.464 e. The third kappa shape index (κ3) is 9.20. The van der Waals surface area contributed by atoms with Crippen LogP contribution in [0.1, 0.15) is 112 Å². The van der Waals surface area contributed by atoms with Gasteiger partial charge in [-0.25, -0.2) is 44.2 Å². The average molecular weight is 843 g/mol. The summed E-state index contributed by atoms with van der Waals surface area (Å²) in [5, 5.41) is 12.5. The Morgan fingerprint density at radius 3 is 1.69 bits per heavy atom. The summed E-state index contributed by atoms with van der Waals surface area (Å²) in [5.74, 6) is 1.91. The van der Waals surface area contributed by atoms with Gasteiger partial charge in [-0.3, -0.25) is 0 Å². The highest BCUT2D eigenvalue weighted by Gasteiger charge is 2.29. The van der Waals surface area contributed by atoms with Crippen LogP contribution >= 0.6 is 0 Å². The Morgan fingerprint density at radius 1 is 0.656 bits per heavy atom. The van der Waals surface area contributed by atoms with Crippen molar-refractivity contribution in [2.24, 2.45) is 11.5 Å². The highest BCUT2D eigenvalue weighted by Crippen LogP contribution is 2.34. The normalized spacial score (nSPS) is 12.6. The molecule has 0 aliphatic rings. The zero-order valence-corrected chi connectivity index (χ0v) is 34.5. The number of aromatic nitrogens is 9. The molecule has 0 unspecified atom stereocenters. The van der Waals surface area contributed by atoms with E-state index in [-0.39, 0.29) is 41.0 Å². The highest BCUT2D eigenvalue weighted by atomic mass is 16.5. The van der Waals surface area contributed by atoms with Crippen molar-refractivity contribution in [1.29, 1.82) is 0 Å². The molecule has 0 radical (unpaired) electrons. The van der Waals surface area contributed by atoms with Crippen molar-refractivity contribution >= 4 is 11.9 Å². The number of carbonyl (C=O) groups excluding carboxylic acids is 2. The summed E-state index contributed by atoms with van der Waals surface area (Å²) >= 11 is 0. The van der Waals surface area contributed by atoms with Gasteiger partial charge in [0.05, 0.1) is 32.2 Å². The van der Waals surface area contributed by atoms with Crippen LogP contribution in [-0.2, 0) is 16.0 Å². The second kappa shape index (κ2) is 18.6. The van der Waals surface area contributed by atoms with E-state index < -0.39 is 18.0 Å². The molecule has 0 fully saturated rings. The fourth-order valence-electron chi connectivity index (χ4n) is 6.51. The number of esters is 2. The predicted octanol–water partition coefficient (Wildman–Crippen LogP) is 5.36. The minimum Gasteiger partial charge on any atom is -0.464 e. The molecule has 0 aliphatic carbocycles. The fraction of sp³-hybridized carbons (Fsp3) is 0.436. The Hall–Kier alpha value is -6.78. The lowest BCUT2D eigenvalue weighted by Crippen LogP contribution is -2.22. The van der Waals surface area contributed by atoms with Crippen molar-refractivity contribution in [3.63, 3.8) is 0 Å². The first-order valence-electron chi connectivity index (χ1n) is 19.5. The zero-order valence-electron chi connectivity index (χ0n) is 34.5. The van der Waals surface area contributed by atoms with Crippen LogP contribution in [-0.4, -0.2) is 84.1 Å². The predicted molar refractivity (Wildman–Crippen MR) is 210 cm³/mol. The Balaban J connectivity index is 1.09. The van der Waals surface area contributed by atoms with Gasteiger partial charge >= 0.3 is 11.9 Å². The Labute approximate surface area is 347 Å². The van der Waals surface area contributed by atoms with E-state index in [9.17, 15) is 9.59 Å². The van der Waals surface area contributed by atoms with Gasteiger partial charge in [-0.2, -0.15) is 0 Å². The van der Waals surface area contributed by atoms with Gasteiger partial charge in [-0.15, -0.1) is 5.10 Å². The maximum absolute atomic E-state index is 11.9. The van der Waals surface area contributed by atoms with Crippen LogP contribution in [0.3, 0.4) is 0 Å². The summed E-state index contributed by atoms with van der Waals surface area (Å²) in [5.41, 5.74) is 13.8. The molecule has 61 heavy (non-hydrogen) atoms. The molecule has 0 bridgehead atoms. The SMILES string of the molecule is COC(=O)c1coc(-c2nc(-c3nc([C@@H](CCCCN)NCc4cn([C@@H](CCCCN)c5nc(-c6nc(-c7nc(C(=O)OC)co7)c(C)o6)c(C)o5)nn4)oc3C)oc2C)n1. The lowest BCUT2D eigenvalue weighted by Gasteiger charge is -2.15. The number of hydrogen-bond acceptors (Lipinski definition) is 21. The van der Waals surface area contributed by atoms with Crippen LogP contribution in [0, 0.1) is 27.7 Å². The van der Waals surface area contributed by atoms with E-state index in [4.69, 9.17) is 57.4 Å². The van der Waals surface area contributed by atoms with Crippen molar-refractivity contribution in [2.45, 2.75) is 84.8 Å². The van der Waals surface area contributed by atoms with Crippen molar-refractivity contribution in [3.05, 3.63) is 70.6 Å². The Bertz CT molecular complexity index is 2590. The van der Waals surface area contributed by atoms with E-state index in [2.05, 4.69) is 35.6 Å². The number of unbranched alkanes of at least 4 members (excludes halogenated alkanes) is 2.